The van der Waals surface area contributed by atoms with Crippen molar-refractivity contribution in [2.45, 2.75) is 38.6 Å². The van der Waals surface area contributed by atoms with Gasteiger partial charge < -0.3 is 15.3 Å². The molecule has 2 fully saturated rings. The number of hydrogen-bond acceptors (Lipinski definition) is 3. The molecule has 1 aliphatic carbocycles. The second-order valence-corrected chi connectivity index (χ2v) is 5.45. The van der Waals surface area contributed by atoms with Crippen molar-refractivity contribution < 1.29 is 9.90 Å². The first kappa shape index (κ1) is 12.8. The molecule has 1 aliphatic heterocycles. The molecule has 2 N–H and O–H groups in total. The van der Waals surface area contributed by atoms with Crippen molar-refractivity contribution in [1.82, 2.24) is 10.2 Å². The number of nitrogens with one attached hydrogen (secondary N) is 1. The van der Waals surface area contributed by atoms with E-state index in [2.05, 4.69) is 10.2 Å². The van der Waals surface area contributed by atoms with E-state index >= 15 is 0 Å². The van der Waals surface area contributed by atoms with Gasteiger partial charge in [0.15, 0.2) is 0 Å². The zero-order chi connectivity index (χ0) is 12.3. The Kier molecular flexibility index (Phi) is 4.40. The number of carbonyl (C=O) groups is 1. The number of rotatable bonds is 6. The second kappa shape index (κ2) is 5.83. The molecule has 0 aromatic rings. The van der Waals surface area contributed by atoms with Crippen LogP contribution in [0.3, 0.4) is 0 Å². The number of carboxylic acids is 1. The highest BCUT2D eigenvalue weighted by Crippen LogP contribution is 2.37. The van der Waals surface area contributed by atoms with Crippen LogP contribution in [0.4, 0.5) is 0 Å². The van der Waals surface area contributed by atoms with Crippen molar-refractivity contribution in [1.29, 1.82) is 0 Å². The Morgan fingerprint density at radius 2 is 2.06 bits per heavy atom. The fourth-order valence-electron chi connectivity index (χ4n) is 3.39. The third kappa shape index (κ3) is 3.19. The largest absolute Gasteiger partial charge is 0.480 e. The predicted molar refractivity (Wildman–Crippen MR) is 67.0 cm³/mol. The quantitative estimate of drug-likeness (QED) is 0.732. The Labute approximate surface area is 103 Å². The average Bonchev–Trinajstić information content (AvgIpc) is 2.83. The lowest BCUT2D eigenvalue weighted by atomic mass is 10.0. The number of aliphatic carboxylic acids is 1. The van der Waals surface area contributed by atoms with E-state index in [4.69, 9.17) is 5.11 Å². The van der Waals surface area contributed by atoms with Gasteiger partial charge >= 0.3 is 5.97 Å². The standard InChI is InChI=1S/C13H24N2O2/c1-2-14-12(13(16)17)6-7-15-8-10-4-3-5-11(10)9-15/h10-12,14H,2-9H2,1H3,(H,16,17). The Hall–Kier alpha value is -0.610. The topological polar surface area (TPSA) is 52.6 Å². The highest BCUT2D eigenvalue weighted by molar-refractivity contribution is 5.73. The summed E-state index contributed by atoms with van der Waals surface area (Å²) in [5.41, 5.74) is 0. The molecule has 0 radical (unpaired) electrons. The summed E-state index contributed by atoms with van der Waals surface area (Å²) in [6, 6.07) is -0.375. The fourth-order valence-corrected chi connectivity index (χ4v) is 3.39. The molecule has 3 atom stereocenters. The highest BCUT2D eigenvalue weighted by Gasteiger charge is 2.35. The number of nitrogens with zero attached hydrogens (tertiary/aromatic N) is 1. The number of likely N-dealkylation sites (N-methyl/N-ethyl adjacent to an activating group) is 1. The van der Waals surface area contributed by atoms with Crippen molar-refractivity contribution in [3.05, 3.63) is 0 Å². The summed E-state index contributed by atoms with van der Waals surface area (Å²) in [7, 11) is 0. The van der Waals surface area contributed by atoms with Gasteiger partial charge in [0.25, 0.3) is 0 Å². The van der Waals surface area contributed by atoms with Gasteiger partial charge in [-0.05, 0) is 37.6 Å². The molecule has 98 valence electrons. The van der Waals surface area contributed by atoms with Crippen LogP contribution in [-0.2, 0) is 4.79 Å². The molecule has 3 unspecified atom stereocenters. The van der Waals surface area contributed by atoms with Crippen LogP contribution in [0.25, 0.3) is 0 Å². The molecule has 0 amide bonds. The first-order valence-electron chi connectivity index (χ1n) is 6.89. The number of hydrogen-bond donors (Lipinski definition) is 2. The summed E-state index contributed by atoms with van der Waals surface area (Å²) in [6.07, 6.45) is 4.90. The van der Waals surface area contributed by atoms with Gasteiger partial charge in [-0.15, -0.1) is 0 Å². The summed E-state index contributed by atoms with van der Waals surface area (Å²) in [5, 5.41) is 12.1. The highest BCUT2D eigenvalue weighted by atomic mass is 16.4. The molecule has 17 heavy (non-hydrogen) atoms. The maximum atomic E-state index is 11.0. The van der Waals surface area contributed by atoms with Crippen LogP contribution < -0.4 is 5.32 Å². The van der Waals surface area contributed by atoms with Crippen molar-refractivity contribution in [3.8, 4) is 0 Å². The lowest BCUT2D eigenvalue weighted by molar-refractivity contribution is -0.139. The van der Waals surface area contributed by atoms with Gasteiger partial charge in [0, 0.05) is 19.6 Å². The Bertz CT molecular complexity index is 258. The van der Waals surface area contributed by atoms with E-state index < -0.39 is 5.97 Å². The van der Waals surface area contributed by atoms with Crippen LogP contribution in [0.5, 0.6) is 0 Å². The maximum Gasteiger partial charge on any atom is 0.320 e. The molecule has 0 aromatic heterocycles. The molecular weight excluding hydrogens is 216 g/mol. The van der Waals surface area contributed by atoms with E-state index in [0.717, 1.165) is 31.3 Å². The van der Waals surface area contributed by atoms with Crippen LogP contribution >= 0.6 is 0 Å². The van der Waals surface area contributed by atoms with E-state index in [1.807, 2.05) is 6.92 Å². The Morgan fingerprint density at radius 3 is 2.59 bits per heavy atom. The minimum Gasteiger partial charge on any atom is -0.480 e. The van der Waals surface area contributed by atoms with Crippen molar-refractivity contribution in [2.75, 3.05) is 26.2 Å². The summed E-state index contributed by atoms with van der Waals surface area (Å²) in [5.74, 6) is 1.08. The van der Waals surface area contributed by atoms with Crippen molar-refractivity contribution in [2.24, 2.45) is 11.8 Å². The minimum atomic E-state index is -0.716. The van der Waals surface area contributed by atoms with Crippen LogP contribution in [0.2, 0.25) is 0 Å². The molecule has 2 aliphatic rings. The van der Waals surface area contributed by atoms with Gasteiger partial charge in [0.1, 0.15) is 6.04 Å². The van der Waals surface area contributed by atoms with Gasteiger partial charge in [-0.25, -0.2) is 0 Å². The molecule has 1 heterocycles. The normalized spacial score (nSPS) is 30.4. The second-order valence-electron chi connectivity index (χ2n) is 5.45. The van der Waals surface area contributed by atoms with Crippen LogP contribution in [-0.4, -0.2) is 48.2 Å². The molecule has 2 rings (SSSR count). The Balaban J connectivity index is 1.72. The minimum absolute atomic E-state index is 0.375. The van der Waals surface area contributed by atoms with Gasteiger partial charge in [0.2, 0.25) is 0 Å². The molecule has 0 aromatic carbocycles. The first-order chi connectivity index (χ1) is 8.20. The molecular formula is C13H24N2O2. The molecule has 1 saturated carbocycles. The van der Waals surface area contributed by atoms with E-state index in [9.17, 15) is 4.79 Å². The first-order valence-corrected chi connectivity index (χ1v) is 6.89. The molecule has 0 spiro atoms. The van der Waals surface area contributed by atoms with Gasteiger partial charge in [-0.2, -0.15) is 0 Å². The molecule has 1 saturated heterocycles. The zero-order valence-corrected chi connectivity index (χ0v) is 10.7. The van der Waals surface area contributed by atoms with Gasteiger partial charge in [-0.3, -0.25) is 4.79 Å². The van der Waals surface area contributed by atoms with E-state index in [0.29, 0.717) is 0 Å². The maximum absolute atomic E-state index is 11.0. The van der Waals surface area contributed by atoms with E-state index in [-0.39, 0.29) is 6.04 Å². The van der Waals surface area contributed by atoms with Crippen molar-refractivity contribution in [3.63, 3.8) is 0 Å². The molecule has 0 bridgehead atoms. The third-order valence-corrected chi connectivity index (χ3v) is 4.28. The number of likely N-dealkylation sites (tertiary alicyclic amines) is 1. The SMILES string of the molecule is CCNC(CCN1CC2CCCC2C1)C(=O)O. The third-order valence-electron chi connectivity index (χ3n) is 4.28. The van der Waals surface area contributed by atoms with E-state index in [1.165, 1.54) is 32.4 Å². The molecule has 4 heteroatoms. The predicted octanol–water partition coefficient (Wildman–Crippen LogP) is 1.17. The summed E-state index contributed by atoms with van der Waals surface area (Å²) < 4.78 is 0. The summed E-state index contributed by atoms with van der Waals surface area (Å²) in [4.78, 5) is 13.5. The summed E-state index contributed by atoms with van der Waals surface area (Å²) in [6.45, 7) is 6.00. The van der Waals surface area contributed by atoms with E-state index in [1.54, 1.807) is 0 Å². The van der Waals surface area contributed by atoms with Gasteiger partial charge in [-0.1, -0.05) is 13.3 Å². The number of fused-ring (bicyclic) bond motifs is 1. The summed E-state index contributed by atoms with van der Waals surface area (Å²) >= 11 is 0. The smallest absolute Gasteiger partial charge is 0.320 e. The lowest BCUT2D eigenvalue weighted by Gasteiger charge is -2.20. The fraction of sp³-hybridized carbons (Fsp3) is 0.923. The monoisotopic (exact) mass is 240 g/mol. The Morgan fingerprint density at radius 1 is 1.41 bits per heavy atom. The van der Waals surface area contributed by atoms with Crippen LogP contribution in [0.15, 0.2) is 0 Å². The van der Waals surface area contributed by atoms with Gasteiger partial charge in [0.05, 0.1) is 0 Å². The average molecular weight is 240 g/mol. The lowest BCUT2D eigenvalue weighted by Crippen LogP contribution is -2.39. The number of carboxylic acid groups (broad SMARTS) is 1. The van der Waals surface area contributed by atoms with Crippen LogP contribution in [0, 0.1) is 11.8 Å². The van der Waals surface area contributed by atoms with Crippen molar-refractivity contribution >= 4 is 5.97 Å². The van der Waals surface area contributed by atoms with Crippen LogP contribution in [0.1, 0.15) is 32.6 Å². The molecule has 4 nitrogen and oxygen atoms in total. The zero-order valence-electron chi connectivity index (χ0n) is 10.7.